The summed E-state index contributed by atoms with van der Waals surface area (Å²) in [6.07, 6.45) is 3.34. The zero-order valence-electron chi connectivity index (χ0n) is 7.66. The Hall–Kier alpha value is -0.980. The quantitative estimate of drug-likeness (QED) is 0.662. The molecule has 1 unspecified atom stereocenters. The Labute approximate surface area is 74.4 Å². The molecule has 0 N–H and O–H groups in total. The number of para-hydroxylation sites is 1. The zero-order valence-corrected chi connectivity index (χ0v) is 7.66. The fourth-order valence-electron chi connectivity index (χ4n) is 1.06. The second-order valence-electron chi connectivity index (χ2n) is 2.71. The van der Waals surface area contributed by atoms with Crippen molar-refractivity contribution in [3.8, 4) is 5.75 Å². The first kappa shape index (κ1) is 9.11. The Morgan fingerprint density at radius 3 is 2.50 bits per heavy atom. The molecule has 0 amide bonds. The highest BCUT2D eigenvalue weighted by atomic mass is 16.5. The molecule has 65 valence electrons. The largest absolute Gasteiger partial charge is 0.490 e. The predicted molar refractivity (Wildman–Crippen MR) is 51.1 cm³/mol. The van der Waals surface area contributed by atoms with E-state index in [0.29, 0.717) is 0 Å². The molecule has 0 bridgehead atoms. The first-order valence-corrected chi connectivity index (χ1v) is 4.38. The van der Waals surface area contributed by atoms with Crippen molar-refractivity contribution in [3.63, 3.8) is 0 Å². The minimum atomic E-state index is 0.243. The molecule has 0 aliphatic heterocycles. The van der Waals surface area contributed by atoms with Crippen LogP contribution in [0, 0.1) is 6.42 Å². The van der Waals surface area contributed by atoms with Crippen LogP contribution in [0.1, 0.15) is 20.3 Å². The molecule has 1 atom stereocenters. The van der Waals surface area contributed by atoms with Crippen LogP contribution in [-0.2, 0) is 0 Å². The molecule has 1 rings (SSSR count). The summed E-state index contributed by atoms with van der Waals surface area (Å²) >= 11 is 0. The van der Waals surface area contributed by atoms with Gasteiger partial charge in [0.05, 0.1) is 0 Å². The normalized spacial score (nSPS) is 10.2. The molecule has 0 saturated heterocycles. The van der Waals surface area contributed by atoms with Crippen LogP contribution in [0.5, 0.6) is 5.75 Å². The van der Waals surface area contributed by atoms with Crippen molar-refractivity contribution in [2.45, 2.75) is 26.4 Å². The van der Waals surface area contributed by atoms with Crippen molar-refractivity contribution < 1.29 is 4.74 Å². The summed E-state index contributed by atoms with van der Waals surface area (Å²) in [5, 5.41) is 0. The maximum Gasteiger partial charge on any atom is 0.119 e. The lowest BCUT2D eigenvalue weighted by atomic mass is 10.2. The van der Waals surface area contributed by atoms with E-state index < -0.39 is 0 Å². The van der Waals surface area contributed by atoms with Gasteiger partial charge in [0.25, 0.3) is 0 Å². The molecular formula is C11H15O. The summed E-state index contributed by atoms with van der Waals surface area (Å²) in [5.41, 5.74) is 0. The maximum atomic E-state index is 5.66. The molecule has 12 heavy (non-hydrogen) atoms. The van der Waals surface area contributed by atoms with Crippen molar-refractivity contribution >= 4 is 0 Å². The lowest BCUT2D eigenvalue weighted by Gasteiger charge is -2.14. The number of benzene rings is 1. The third-order valence-corrected chi connectivity index (χ3v) is 1.80. The average Bonchev–Trinajstić information content (AvgIpc) is 2.16. The lowest BCUT2D eigenvalue weighted by Crippen LogP contribution is -2.13. The predicted octanol–water partition coefficient (Wildman–Crippen LogP) is 3.07. The number of hydrogen-bond acceptors (Lipinski definition) is 1. The van der Waals surface area contributed by atoms with Gasteiger partial charge >= 0.3 is 0 Å². The topological polar surface area (TPSA) is 9.23 Å². The Balaban J connectivity index is 2.51. The fourth-order valence-corrected chi connectivity index (χ4v) is 1.06. The average molecular weight is 163 g/mol. The van der Waals surface area contributed by atoms with Crippen LogP contribution in [0.4, 0.5) is 0 Å². The molecule has 0 heterocycles. The molecule has 0 fully saturated rings. The molecule has 0 saturated carbocycles. The van der Waals surface area contributed by atoms with E-state index in [-0.39, 0.29) is 6.10 Å². The standard InChI is InChI=1S/C11H15O/c1-3-10(4-2)12-11-8-6-5-7-9-11/h3,5-10H,4H2,1-2H3. The second-order valence-corrected chi connectivity index (χ2v) is 2.71. The highest BCUT2D eigenvalue weighted by molar-refractivity contribution is 5.21. The van der Waals surface area contributed by atoms with Crippen molar-refractivity contribution in [2.24, 2.45) is 0 Å². The third kappa shape index (κ3) is 2.57. The van der Waals surface area contributed by atoms with Crippen LogP contribution in [0.25, 0.3) is 0 Å². The first-order valence-electron chi connectivity index (χ1n) is 4.38. The molecule has 0 aliphatic rings. The van der Waals surface area contributed by atoms with Crippen molar-refractivity contribution in [3.05, 3.63) is 36.8 Å². The molecule has 1 aromatic carbocycles. The van der Waals surface area contributed by atoms with Crippen molar-refractivity contribution in [1.82, 2.24) is 0 Å². The van der Waals surface area contributed by atoms with E-state index in [4.69, 9.17) is 4.74 Å². The highest BCUT2D eigenvalue weighted by Gasteiger charge is 2.03. The van der Waals surface area contributed by atoms with Gasteiger partial charge in [-0.15, -0.1) is 0 Å². The summed E-state index contributed by atoms with van der Waals surface area (Å²) in [6, 6.07) is 9.91. The van der Waals surface area contributed by atoms with Gasteiger partial charge in [0.1, 0.15) is 11.9 Å². The Kier molecular flexibility index (Phi) is 3.65. The Morgan fingerprint density at radius 2 is 2.00 bits per heavy atom. The first-order chi connectivity index (χ1) is 5.86. The summed E-state index contributed by atoms with van der Waals surface area (Å²) in [5.74, 6) is 0.947. The van der Waals surface area contributed by atoms with Crippen LogP contribution in [0.3, 0.4) is 0 Å². The molecule has 1 aromatic rings. The maximum absolute atomic E-state index is 5.66. The fraction of sp³-hybridized carbons (Fsp3) is 0.364. The monoisotopic (exact) mass is 163 g/mol. The molecule has 1 heteroatoms. The van der Waals surface area contributed by atoms with Gasteiger partial charge in [0.2, 0.25) is 0 Å². The van der Waals surface area contributed by atoms with E-state index in [2.05, 4.69) is 13.3 Å². The summed E-state index contributed by atoms with van der Waals surface area (Å²) in [4.78, 5) is 0. The Morgan fingerprint density at radius 1 is 1.33 bits per heavy atom. The van der Waals surface area contributed by atoms with E-state index >= 15 is 0 Å². The van der Waals surface area contributed by atoms with Gasteiger partial charge in [-0.05, 0) is 25.0 Å². The minimum absolute atomic E-state index is 0.243. The van der Waals surface area contributed by atoms with Crippen molar-refractivity contribution in [1.29, 1.82) is 0 Å². The zero-order chi connectivity index (χ0) is 8.81. The summed E-state index contributed by atoms with van der Waals surface area (Å²) in [6.45, 7) is 4.14. The van der Waals surface area contributed by atoms with Crippen LogP contribution in [0.2, 0.25) is 0 Å². The number of hydrogen-bond donors (Lipinski definition) is 0. The van der Waals surface area contributed by atoms with E-state index in [0.717, 1.165) is 12.2 Å². The van der Waals surface area contributed by atoms with E-state index in [9.17, 15) is 0 Å². The van der Waals surface area contributed by atoms with Gasteiger partial charge in [0.15, 0.2) is 0 Å². The smallest absolute Gasteiger partial charge is 0.119 e. The molecule has 1 nitrogen and oxygen atoms in total. The van der Waals surface area contributed by atoms with Crippen LogP contribution in [-0.4, -0.2) is 6.10 Å². The molecule has 0 aliphatic carbocycles. The minimum Gasteiger partial charge on any atom is -0.490 e. The van der Waals surface area contributed by atoms with E-state index in [1.807, 2.05) is 37.3 Å². The molecule has 0 spiro atoms. The lowest BCUT2D eigenvalue weighted by molar-refractivity contribution is 0.229. The highest BCUT2D eigenvalue weighted by Crippen LogP contribution is 2.13. The molecular weight excluding hydrogens is 148 g/mol. The van der Waals surface area contributed by atoms with Gasteiger partial charge in [-0.25, -0.2) is 0 Å². The molecule has 1 radical (unpaired) electrons. The Bertz CT molecular complexity index is 202. The summed E-state index contributed by atoms with van der Waals surface area (Å²) < 4.78 is 5.66. The van der Waals surface area contributed by atoms with Gasteiger partial charge < -0.3 is 4.74 Å². The number of ether oxygens (including phenoxy) is 1. The van der Waals surface area contributed by atoms with Crippen molar-refractivity contribution in [2.75, 3.05) is 0 Å². The van der Waals surface area contributed by atoms with E-state index in [1.165, 1.54) is 0 Å². The van der Waals surface area contributed by atoms with Gasteiger partial charge in [0, 0.05) is 0 Å². The van der Waals surface area contributed by atoms with Gasteiger partial charge in [-0.3, -0.25) is 0 Å². The third-order valence-electron chi connectivity index (χ3n) is 1.80. The second kappa shape index (κ2) is 4.81. The van der Waals surface area contributed by atoms with Crippen LogP contribution in [0.15, 0.2) is 30.3 Å². The van der Waals surface area contributed by atoms with Crippen LogP contribution >= 0.6 is 0 Å². The molecule has 0 aromatic heterocycles. The van der Waals surface area contributed by atoms with Gasteiger partial charge in [-0.1, -0.05) is 32.0 Å². The number of rotatable bonds is 4. The summed E-state index contributed by atoms with van der Waals surface area (Å²) in [7, 11) is 0. The SMILES string of the molecule is C[CH]C(CC)Oc1ccccc1. The van der Waals surface area contributed by atoms with E-state index in [1.54, 1.807) is 0 Å². The van der Waals surface area contributed by atoms with Gasteiger partial charge in [-0.2, -0.15) is 0 Å². The van der Waals surface area contributed by atoms with Crippen LogP contribution < -0.4 is 4.74 Å².